The first-order valence-electron chi connectivity index (χ1n) is 3.11. The van der Waals surface area contributed by atoms with Gasteiger partial charge in [-0.2, -0.15) is 0 Å². The van der Waals surface area contributed by atoms with E-state index in [0.29, 0.717) is 4.60 Å². The highest BCUT2D eigenvalue weighted by Crippen LogP contribution is 2.22. The lowest BCUT2D eigenvalue weighted by molar-refractivity contribution is 0.198. The van der Waals surface area contributed by atoms with E-state index in [-0.39, 0.29) is 0 Å². The number of pyridine rings is 1. The van der Waals surface area contributed by atoms with Gasteiger partial charge in [-0.15, -0.1) is 0 Å². The maximum absolute atomic E-state index is 9.21. The zero-order valence-electron chi connectivity index (χ0n) is 5.88. The van der Waals surface area contributed by atoms with Gasteiger partial charge in [-0.05, 0) is 44.8 Å². The Hall–Kier alpha value is 0.0700. The molecule has 0 radical (unpaired) electrons. The first kappa shape index (κ1) is 9.16. The predicted octanol–water partition coefficient (Wildman–Crippen LogP) is 2.66. The molecule has 0 bridgehead atoms. The molecular formula is C7H7Br2NO. The summed E-state index contributed by atoms with van der Waals surface area (Å²) in [5.41, 5.74) is 0.799. The Kier molecular flexibility index (Phi) is 3.04. The summed E-state index contributed by atoms with van der Waals surface area (Å²) >= 11 is 6.47. The average molecular weight is 281 g/mol. The molecule has 60 valence electrons. The Morgan fingerprint density at radius 3 is 2.55 bits per heavy atom. The molecule has 2 nitrogen and oxygen atoms in total. The van der Waals surface area contributed by atoms with Crippen molar-refractivity contribution in [1.82, 2.24) is 4.98 Å². The van der Waals surface area contributed by atoms with Gasteiger partial charge in [0.05, 0.1) is 6.10 Å². The van der Waals surface area contributed by atoms with Gasteiger partial charge in [0, 0.05) is 5.56 Å². The van der Waals surface area contributed by atoms with E-state index < -0.39 is 6.10 Å². The third-order valence-corrected chi connectivity index (χ3v) is 2.37. The Balaban J connectivity index is 3.09. The number of aliphatic hydroxyl groups excluding tert-OH is 1. The summed E-state index contributed by atoms with van der Waals surface area (Å²) in [7, 11) is 0. The molecule has 0 saturated carbocycles. The van der Waals surface area contributed by atoms with Crippen molar-refractivity contribution in [2.75, 3.05) is 0 Å². The summed E-state index contributed by atoms with van der Waals surface area (Å²) in [5.74, 6) is 0. The Morgan fingerprint density at radius 2 is 2.09 bits per heavy atom. The summed E-state index contributed by atoms with van der Waals surface area (Å²) in [4.78, 5) is 4.07. The third kappa shape index (κ3) is 2.25. The number of halogens is 2. The highest BCUT2D eigenvalue weighted by molar-refractivity contribution is 9.11. The largest absolute Gasteiger partial charge is 0.389 e. The Morgan fingerprint density at radius 1 is 1.45 bits per heavy atom. The third-order valence-electron chi connectivity index (χ3n) is 1.29. The minimum atomic E-state index is -0.482. The van der Waals surface area contributed by atoms with Gasteiger partial charge in [-0.25, -0.2) is 4.98 Å². The standard InChI is InChI=1S/C7H7Br2NO/c1-4(11)5-2-3-6(8)10-7(5)9/h2-4,11H,1H3. The van der Waals surface area contributed by atoms with Crippen LogP contribution in [0.5, 0.6) is 0 Å². The van der Waals surface area contributed by atoms with Crippen LogP contribution in [0.3, 0.4) is 0 Å². The van der Waals surface area contributed by atoms with Crippen LogP contribution < -0.4 is 0 Å². The van der Waals surface area contributed by atoms with Gasteiger partial charge in [0.15, 0.2) is 0 Å². The SMILES string of the molecule is CC(O)c1ccc(Br)nc1Br. The van der Waals surface area contributed by atoms with Crippen LogP contribution in [0.2, 0.25) is 0 Å². The maximum atomic E-state index is 9.21. The van der Waals surface area contributed by atoms with E-state index in [2.05, 4.69) is 36.8 Å². The van der Waals surface area contributed by atoms with Gasteiger partial charge in [0.25, 0.3) is 0 Å². The van der Waals surface area contributed by atoms with Crippen molar-refractivity contribution >= 4 is 31.9 Å². The molecule has 0 aliphatic rings. The van der Waals surface area contributed by atoms with Crippen LogP contribution in [-0.4, -0.2) is 10.1 Å². The van der Waals surface area contributed by atoms with Gasteiger partial charge in [0.2, 0.25) is 0 Å². The van der Waals surface area contributed by atoms with Crippen LogP contribution in [0.1, 0.15) is 18.6 Å². The molecule has 4 heteroatoms. The van der Waals surface area contributed by atoms with Crippen LogP contribution in [0.25, 0.3) is 0 Å². The maximum Gasteiger partial charge on any atom is 0.113 e. The van der Waals surface area contributed by atoms with Crippen molar-refractivity contribution in [2.45, 2.75) is 13.0 Å². The van der Waals surface area contributed by atoms with E-state index in [1.165, 1.54) is 0 Å². The second kappa shape index (κ2) is 3.65. The van der Waals surface area contributed by atoms with Gasteiger partial charge in [-0.3, -0.25) is 0 Å². The summed E-state index contributed by atoms with van der Waals surface area (Å²) in [6.45, 7) is 1.70. The quantitative estimate of drug-likeness (QED) is 0.803. The Bertz CT molecular complexity index is 263. The normalized spacial score (nSPS) is 13.1. The molecule has 1 rings (SSSR count). The van der Waals surface area contributed by atoms with Gasteiger partial charge in [0.1, 0.15) is 9.21 Å². The van der Waals surface area contributed by atoms with Crippen LogP contribution in [-0.2, 0) is 0 Å². The van der Waals surface area contributed by atoms with Crippen molar-refractivity contribution in [3.05, 3.63) is 26.9 Å². The smallest absolute Gasteiger partial charge is 0.113 e. The summed E-state index contributed by atoms with van der Waals surface area (Å²) in [6.07, 6.45) is -0.482. The second-order valence-electron chi connectivity index (χ2n) is 2.19. The average Bonchev–Trinajstić information content (AvgIpc) is 1.85. The fourth-order valence-electron chi connectivity index (χ4n) is 0.735. The van der Waals surface area contributed by atoms with Crippen LogP contribution in [0.15, 0.2) is 21.3 Å². The second-order valence-corrected chi connectivity index (χ2v) is 3.75. The lowest BCUT2D eigenvalue weighted by Crippen LogP contribution is -1.94. The molecule has 0 saturated heterocycles. The summed E-state index contributed by atoms with van der Waals surface area (Å²) in [5, 5.41) is 9.21. The topological polar surface area (TPSA) is 33.1 Å². The highest BCUT2D eigenvalue weighted by Gasteiger charge is 2.06. The van der Waals surface area contributed by atoms with Crippen molar-refractivity contribution in [3.63, 3.8) is 0 Å². The molecule has 0 aromatic carbocycles. The molecule has 1 N–H and O–H groups in total. The molecule has 0 aliphatic carbocycles. The lowest BCUT2D eigenvalue weighted by atomic mass is 10.2. The predicted molar refractivity (Wildman–Crippen MR) is 50.3 cm³/mol. The van der Waals surface area contributed by atoms with E-state index in [1.54, 1.807) is 13.0 Å². The number of nitrogens with zero attached hydrogens (tertiary/aromatic N) is 1. The van der Waals surface area contributed by atoms with E-state index in [1.807, 2.05) is 6.07 Å². The lowest BCUT2D eigenvalue weighted by Gasteiger charge is -2.05. The van der Waals surface area contributed by atoms with Crippen LogP contribution in [0, 0.1) is 0 Å². The van der Waals surface area contributed by atoms with E-state index in [4.69, 9.17) is 0 Å². The zero-order chi connectivity index (χ0) is 8.43. The molecule has 0 spiro atoms. The number of hydrogen-bond acceptors (Lipinski definition) is 2. The fraction of sp³-hybridized carbons (Fsp3) is 0.286. The molecule has 0 aliphatic heterocycles. The Labute approximate surface area is 81.9 Å². The minimum absolute atomic E-state index is 0.482. The molecule has 1 unspecified atom stereocenters. The van der Waals surface area contributed by atoms with Gasteiger partial charge in [-0.1, -0.05) is 6.07 Å². The number of rotatable bonds is 1. The van der Waals surface area contributed by atoms with Crippen LogP contribution >= 0.6 is 31.9 Å². The monoisotopic (exact) mass is 279 g/mol. The molecule has 11 heavy (non-hydrogen) atoms. The van der Waals surface area contributed by atoms with E-state index in [0.717, 1.165) is 10.2 Å². The number of hydrogen-bond donors (Lipinski definition) is 1. The molecule has 1 aromatic rings. The molecule has 0 fully saturated rings. The van der Waals surface area contributed by atoms with Crippen molar-refractivity contribution in [1.29, 1.82) is 0 Å². The van der Waals surface area contributed by atoms with Crippen molar-refractivity contribution in [3.8, 4) is 0 Å². The van der Waals surface area contributed by atoms with E-state index in [9.17, 15) is 5.11 Å². The number of aliphatic hydroxyl groups is 1. The van der Waals surface area contributed by atoms with Crippen molar-refractivity contribution < 1.29 is 5.11 Å². The molecule has 0 amide bonds. The van der Waals surface area contributed by atoms with E-state index >= 15 is 0 Å². The van der Waals surface area contributed by atoms with Crippen LogP contribution in [0.4, 0.5) is 0 Å². The fourth-order valence-corrected chi connectivity index (χ4v) is 1.94. The zero-order valence-corrected chi connectivity index (χ0v) is 9.05. The summed E-state index contributed by atoms with van der Waals surface area (Å²) in [6, 6.07) is 3.62. The van der Waals surface area contributed by atoms with Gasteiger partial charge >= 0.3 is 0 Å². The van der Waals surface area contributed by atoms with Gasteiger partial charge < -0.3 is 5.11 Å². The molecule has 1 atom stereocenters. The number of aromatic nitrogens is 1. The first-order chi connectivity index (χ1) is 5.11. The summed E-state index contributed by atoms with van der Waals surface area (Å²) < 4.78 is 1.44. The van der Waals surface area contributed by atoms with Crippen molar-refractivity contribution in [2.24, 2.45) is 0 Å². The molecular weight excluding hydrogens is 274 g/mol. The highest BCUT2D eigenvalue weighted by atomic mass is 79.9. The molecule has 1 heterocycles. The molecule has 1 aromatic heterocycles. The first-order valence-corrected chi connectivity index (χ1v) is 4.70. The minimum Gasteiger partial charge on any atom is -0.389 e.